The molecule has 0 unspecified atom stereocenters. The highest BCUT2D eigenvalue weighted by Gasteiger charge is 2.10. The summed E-state index contributed by atoms with van der Waals surface area (Å²) in [7, 11) is 0. The van der Waals surface area contributed by atoms with Gasteiger partial charge in [-0.05, 0) is 35.2 Å². The monoisotopic (exact) mass is 241 g/mol. The summed E-state index contributed by atoms with van der Waals surface area (Å²) in [4.78, 5) is 10.6. The molecule has 2 heterocycles. The van der Waals surface area contributed by atoms with Gasteiger partial charge in [0.25, 0.3) is 0 Å². The maximum atomic E-state index is 4.12. The van der Waals surface area contributed by atoms with E-state index in [-0.39, 0.29) is 0 Å². The Balaban J connectivity index is 2.10. The van der Waals surface area contributed by atoms with Crippen molar-refractivity contribution < 1.29 is 0 Å². The molecule has 13 heavy (non-hydrogen) atoms. The van der Waals surface area contributed by atoms with Gasteiger partial charge in [-0.2, -0.15) is 0 Å². The molecule has 0 N–H and O–H groups in total. The summed E-state index contributed by atoms with van der Waals surface area (Å²) >= 11 is 3.23. The van der Waals surface area contributed by atoms with Crippen LogP contribution < -0.4 is 4.90 Å². The molecule has 0 atom stereocenters. The second-order valence-electron chi connectivity index (χ2n) is 3.26. The predicted molar refractivity (Wildman–Crippen MR) is 55.8 cm³/mol. The maximum absolute atomic E-state index is 4.12. The zero-order chi connectivity index (χ0) is 9.10. The van der Waals surface area contributed by atoms with E-state index in [9.17, 15) is 0 Å². The lowest BCUT2D eigenvalue weighted by Gasteiger charge is -2.27. The quantitative estimate of drug-likeness (QED) is 0.707. The second-order valence-corrected chi connectivity index (χ2v) is 3.97. The molecule has 70 valence electrons. The molecule has 1 fully saturated rings. The van der Waals surface area contributed by atoms with E-state index in [0.29, 0.717) is 4.73 Å². The Bertz CT molecular complexity index is 267. The molecule has 0 amide bonds. The van der Waals surface area contributed by atoms with Crippen molar-refractivity contribution in [2.24, 2.45) is 0 Å². The Morgan fingerprint density at radius 1 is 1.08 bits per heavy atom. The Morgan fingerprint density at radius 2 is 1.69 bits per heavy atom. The van der Waals surface area contributed by atoms with Crippen LogP contribution in [0.1, 0.15) is 19.3 Å². The lowest BCUT2D eigenvalue weighted by Crippen LogP contribution is -2.29. The summed E-state index contributed by atoms with van der Waals surface area (Å²) in [5.41, 5.74) is 1.14. The van der Waals surface area contributed by atoms with Gasteiger partial charge in [0, 0.05) is 13.1 Å². The topological polar surface area (TPSA) is 29.0 Å². The van der Waals surface area contributed by atoms with Crippen molar-refractivity contribution >= 4 is 21.6 Å². The van der Waals surface area contributed by atoms with Crippen molar-refractivity contribution in [3.8, 4) is 0 Å². The van der Waals surface area contributed by atoms with Gasteiger partial charge in [-0.3, -0.25) is 0 Å². The summed E-state index contributed by atoms with van der Waals surface area (Å²) in [6.45, 7) is 2.29. The molecule has 4 heteroatoms. The van der Waals surface area contributed by atoms with Crippen LogP contribution in [0, 0.1) is 0 Å². The number of hydrogen-bond acceptors (Lipinski definition) is 3. The zero-order valence-corrected chi connectivity index (χ0v) is 9.00. The molecule has 1 aromatic heterocycles. The van der Waals surface area contributed by atoms with Gasteiger partial charge in [0.15, 0.2) is 4.73 Å². The van der Waals surface area contributed by atoms with Crippen molar-refractivity contribution in [1.29, 1.82) is 0 Å². The average molecular weight is 242 g/mol. The third-order valence-electron chi connectivity index (χ3n) is 2.33. The highest BCUT2D eigenvalue weighted by atomic mass is 79.9. The number of halogens is 1. The van der Waals surface area contributed by atoms with E-state index in [1.165, 1.54) is 19.3 Å². The zero-order valence-electron chi connectivity index (χ0n) is 7.41. The van der Waals surface area contributed by atoms with Crippen molar-refractivity contribution in [3.63, 3.8) is 0 Å². The molecule has 0 bridgehead atoms. The smallest absolute Gasteiger partial charge is 0.196 e. The number of hydrogen-bond donors (Lipinski definition) is 0. The lowest BCUT2D eigenvalue weighted by molar-refractivity contribution is 0.576. The van der Waals surface area contributed by atoms with Crippen LogP contribution in [0.5, 0.6) is 0 Å². The summed E-state index contributed by atoms with van der Waals surface area (Å²) in [6.07, 6.45) is 7.69. The Kier molecular flexibility index (Phi) is 2.78. The highest BCUT2D eigenvalue weighted by Crippen LogP contribution is 2.18. The third kappa shape index (κ3) is 2.18. The van der Waals surface area contributed by atoms with Gasteiger partial charge in [-0.25, -0.2) is 9.97 Å². The molecular weight excluding hydrogens is 230 g/mol. The van der Waals surface area contributed by atoms with E-state index < -0.39 is 0 Å². The minimum atomic E-state index is 0.660. The molecule has 1 aliphatic rings. The van der Waals surface area contributed by atoms with Crippen molar-refractivity contribution in [3.05, 3.63) is 17.1 Å². The number of anilines is 1. The highest BCUT2D eigenvalue weighted by molar-refractivity contribution is 9.10. The molecular formula is C9H12BrN3. The van der Waals surface area contributed by atoms with Gasteiger partial charge in [0.05, 0.1) is 18.1 Å². The van der Waals surface area contributed by atoms with Crippen molar-refractivity contribution in [2.75, 3.05) is 18.0 Å². The number of nitrogens with zero attached hydrogens (tertiary/aromatic N) is 3. The molecule has 1 aliphatic heterocycles. The third-order valence-corrected chi connectivity index (χ3v) is 2.74. The van der Waals surface area contributed by atoms with Crippen LogP contribution >= 0.6 is 15.9 Å². The van der Waals surface area contributed by atoms with E-state index >= 15 is 0 Å². The van der Waals surface area contributed by atoms with Gasteiger partial charge in [-0.1, -0.05) is 0 Å². The molecule has 1 saturated heterocycles. The number of aromatic nitrogens is 2. The lowest BCUT2D eigenvalue weighted by atomic mass is 10.1. The fourth-order valence-electron chi connectivity index (χ4n) is 1.62. The summed E-state index contributed by atoms with van der Waals surface area (Å²) in [6, 6.07) is 0. The minimum Gasteiger partial charge on any atom is -0.369 e. The molecule has 1 aromatic rings. The molecule has 3 nitrogen and oxygen atoms in total. The summed E-state index contributed by atoms with van der Waals surface area (Å²) in [5, 5.41) is 0. The van der Waals surface area contributed by atoms with E-state index in [0.717, 1.165) is 18.8 Å². The minimum absolute atomic E-state index is 0.660. The largest absolute Gasteiger partial charge is 0.369 e. The van der Waals surface area contributed by atoms with Gasteiger partial charge < -0.3 is 4.90 Å². The summed E-state index contributed by atoms with van der Waals surface area (Å²) < 4.78 is 0.660. The van der Waals surface area contributed by atoms with E-state index in [1.807, 2.05) is 12.4 Å². The van der Waals surface area contributed by atoms with Crippen LogP contribution in [0.15, 0.2) is 17.1 Å². The number of piperidine rings is 1. The first-order valence-electron chi connectivity index (χ1n) is 4.59. The fourth-order valence-corrected chi connectivity index (χ4v) is 1.83. The number of rotatable bonds is 1. The molecule has 0 saturated carbocycles. The van der Waals surface area contributed by atoms with Crippen molar-refractivity contribution in [2.45, 2.75) is 19.3 Å². The summed E-state index contributed by atoms with van der Waals surface area (Å²) in [5.74, 6) is 0. The van der Waals surface area contributed by atoms with Crippen LogP contribution in [-0.2, 0) is 0 Å². The van der Waals surface area contributed by atoms with Gasteiger partial charge in [0.1, 0.15) is 0 Å². The first kappa shape index (κ1) is 8.94. The van der Waals surface area contributed by atoms with Gasteiger partial charge in [-0.15, -0.1) is 0 Å². The van der Waals surface area contributed by atoms with Crippen LogP contribution in [-0.4, -0.2) is 23.1 Å². The van der Waals surface area contributed by atoms with Crippen LogP contribution in [0.25, 0.3) is 0 Å². The SMILES string of the molecule is Brc1ncc(N2CCCCC2)cn1. The molecule has 0 spiro atoms. The fraction of sp³-hybridized carbons (Fsp3) is 0.556. The first-order valence-corrected chi connectivity index (χ1v) is 5.38. The van der Waals surface area contributed by atoms with Crippen LogP contribution in [0.4, 0.5) is 5.69 Å². The maximum Gasteiger partial charge on any atom is 0.196 e. The first-order chi connectivity index (χ1) is 6.36. The second kappa shape index (κ2) is 4.05. The standard InChI is InChI=1S/C9H12BrN3/c10-9-11-6-8(7-12-9)13-4-2-1-3-5-13/h6-7H,1-5H2. The van der Waals surface area contributed by atoms with E-state index in [1.54, 1.807) is 0 Å². The normalized spacial score (nSPS) is 17.5. The van der Waals surface area contributed by atoms with Crippen LogP contribution in [0.2, 0.25) is 0 Å². The van der Waals surface area contributed by atoms with E-state index in [4.69, 9.17) is 0 Å². The molecule has 0 radical (unpaired) electrons. The van der Waals surface area contributed by atoms with Crippen LogP contribution in [0.3, 0.4) is 0 Å². The molecule has 2 rings (SSSR count). The average Bonchev–Trinajstić information content (AvgIpc) is 2.20. The predicted octanol–water partition coefficient (Wildman–Crippen LogP) is 2.23. The molecule has 0 aromatic carbocycles. The Labute approximate surface area is 86.3 Å². The van der Waals surface area contributed by atoms with Gasteiger partial charge >= 0.3 is 0 Å². The Hall–Kier alpha value is -0.640. The van der Waals surface area contributed by atoms with Crippen molar-refractivity contribution in [1.82, 2.24) is 9.97 Å². The van der Waals surface area contributed by atoms with Gasteiger partial charge in [0.2, 0.25) is 0 Å². The Morgan fingerprint density at radius 3 is 2.31 bits per heavy atom. The van der Waals surface area contributed by atoms with E-state index in [2.05, 4.69) is 30.8 Å². The molecule has 0 aliphatic carbocycles.